The van der Waals surface area contributed by atoms with E-state index in [1.165, 1.54) is 4.90 Å². The molecule has 4 heteroatoms. The van der Waals surface area contributed by atoms with Gasteiger partial charge in [0.05, 0.1) is 19.8 Å². The first-order valence-corrected chi connectivity index (χ1v) is 7.86. The fraction of sp³-hybridized carbons (Fsp3) is 0.294. The number of aliphatic hydroxyl groups is 1. The van der Waals surface area contributed by atoms with Gasteiger partial charge in [-0.25, -0.2) is 0 Å². The number of rotatable bonds is 7. The summed E-state index contributed by atoms with van der Waals surface area (Å²) in [6.07, 6.45) is -0.562. The van der Waals surface area contributed by atoms with Gasteiger partial charge in [-0.15, -0.1) is 11.8 Å². The number of hydrogen-bond donors (Lipinski definition) is 1. The molecule has 0 aliphatic carbocycles. The number of benzene rings is 2. The van der Waals surface area contributed by atoms with Crippen molar-refractivity contribution in [1.82, 2.24) is 0 Å². The molecule has 112 valence electrons. The first kappa shape index (κ1) is 15.7. The molecule has 0 amide bonds. The van der Waals surface area contributed by atoms with E-state index in [0.717, 1.165) is 17.1 Å². The zero-order valence-corrected chi connectivity index (χ0v) is 13.1. The Labute approximate surface area is 129 Å². The highest BCUT2D eigenvalue weighted by molar-refractivity contribution is 7.99. The molecule has 21 heavy (non-hydrogen) atoms. The number of hydrogen-bond acceptors (Lipinski definition) is 4. The van der Waals surface area contributed by atoms with Crippen LogP contribution in [0.25, 0.3) is 0 Å². The van der Waals surface area contributed by atoms with Crippen LogP contribution in [0, 0.1) is 0 Å². The monoisotopic (exact) mass is 304 g/mol. The third kappa shape index (κ3) is 4.69. The Morgan fingerprint density at radius 3 is 2.57 bits per heavy atom. The van der Waals surface area contributed by atoms with Gasteiger partial charge in [0, 0.05) is 22.3 Å². The van der Waals surface area contributed by atoms with Crippen molar-refractivity contribution < 1.29 is 14.6 Å². The lowest BCUT2D eigenvalue weighted by Crippen LogP contribution is -2.04. The maximum atomic E-state index is 9.78. The number of ether oxygens (including phenoxy) is 2. The smallest absolute Gasteiger partial charge is 0.128 e. The summed E-state index contributed by atoms with van der Waals surface area (Å²) in [5.74, 6) is 2.25. The summed E-state index contributed by atoms with van der Waals surface area (Å²) >= 11 is 1.75. The Balaban J connectivity index is 1.92. The summed E-state index contributed by atoms with van der Waals surface area (Å²) in [7, 11) is 1.62. The Hall–Kier alpha value is -1.65. The van der Waals surface area contributed by atoms with E-state index in [2.05, 4.69) is 12.1 Å². The summed E-state index contributed by atoms with van der Waals surface area (Å²) in [4.78, 5) is 1.22. The zero-order chi connectivity index (χ0) is 15.1. The fourth-order valence-corrected chi connectivity index (χ4v) is 2.69. The normalized spacial score (nSPS) is 12.0. The van der Waals surface area contributed by atoms with Crippen LogP contribution in [-0.4, -0.2) is 24.6 Å². The fourth-order valence-electron chi connectivity index (χ4n) is 1.94. The molecule has 0 radical (unpaired) electrons. The third-order valence-corrected chi connectivity index (χ3v) is 4.00. The molecule has 3 nitrogen and oxygen atoms in total. The molecule has 1 atom stereocenters. The van der Waals surface area contributed by atoms with Gasteiger partial charge in [0.2, 0.25) is 0 Å². The summed E-state index contributed by atoms with van der Waals surface area (Å²) < 4.78 is 11.0. The Kier molecular flexibility index (Phi) is 5.96. The van der Waals surface area contributed by atoms with E-state index in [1.807, 2.05) is 36.4 Å². The SMILES string of the molecule is COc1ccc([C@@H](C)O)c(OCCSc2ccccc2)c1. The van der Waals surface area contributed by atoms with Crippen molar-refractivity contribution in [3.63, 3.8) is 0 Å². The molecular weight excluding hydrogens is 284 g/mol. The van der Waals surface area contributed by atoms with Gasteiger partial charge >= 0.3 is 0 Å². The summed E-state index contributed by atoms with van der Waals surface area (Å²) in [5.41, 5.74) is 0.778. The molecule has 0 spiro atoms. The van der Waals surface area contributed by atoms with E-state index < -0.39 is 6.10 Å². The average molecular weight is 304 g/mol. The lowest BCUT2D eigenvalue weighted by atomic mass is 10.1. The number of methoxy groups -OCH3 is 1. The molecule has 0 saturated heterocycles. The maximum absolute atomic E-state index is 9.78. The van der Waals surface area contributed by atoms with E-state index in [9.17, 15) is 5.11 Å². The van der Waals surface area contributed by atoms with Gasteiger partial charge in [-0.3, -0.25) is 0 Å². The molecular formula is C17H20O3S. The van der Waals surface area contributed by atoms with E-state index in [0.29, 0.717) is 12.4 Å². The minimum Gasteiger partial charge on any atom is -0.497 e. The average Bonchev–Trinajstić information content (AvgIpc) is 2.52. The van der Waals surface area contributed by atoms with Crippen molar-refractivity contribution in [3.8, 4) is 11.5 Å². The van der Waals surface area contributed by atoms with Crippen LogP contribution in [0.2, 0.25) is 0 Å². The lowest BCUT2D eigenvalue weighted by Gasteiger charge is -2.14. The van der Waals surface area contributed by atoms with E-state index >= 15 is 0 Å². The predicted octanol–water partition coefficient (Wildman–Crippen LogP) is 3.92. The molecule has 0 heterocycles. The minimum absolute atomic E-state index is 0.562. The Morgan fingerprint density at radius 1 is 1.14 bits per heavy atom. The first-order chi connectivity index (χ1) is 10.2. The van der Waals surface area contributed by atoms with Crippen LogP contribution < -0.4 is 9.47 Å². The molecule has 2 aromatic rings. The predicted molar refractivity (Wildman–Crippen MR) is 86.3 cm³/mol. The van der Waals surface area contributed by atoms with Gasteiger partial charge in [-0.1, -0.05) is 18.2 Å². The van der Waals surface area contributed by atoms with Crippen LogP contribution in [0.3, 0.4) is 0 Å². The molecule has 0 saturated carbocycles. The van der Waals surface area contributed by atoms with Crippen molar-refractivity contribution in [1.29, 1.82) is 0 Å². The molecule has 1 N–H and O–H groups in total. The highest BCUT2D eigenvalue weighted by atomic mass is 32.2. The second kappa shape index (κ2) is 7.96. The van der Waals surface area contributed by atoms with Crippen molar-refractivity contribution in [2.75, 3.05) is 19.5 Å². The van der Waals surface area contributed by atoms with E-state index in [1.54, 1.807) is 25.8 Å². The second-order valence-corrected chi connectivity index (χ2v) is 5.76. The van der Waals surface area contributed by atoms with Crippen LogP contribution in [0.15, 0.2) is 53.4 Å². The topological polar surface area (TPSA) is 38.7 Å². The highest BCUT2D eigenvalue weighted by Gasteiger charge is 2.10. The maximum Gasteiger partial charge on any atom is 0.128 e. The van der Waals surface area contributed by atoms with Crippen molar-refractivity contribution >= 4 is 11.8 Å². The van der Waals surface area contributed by atoms with Crippen LogP contribution in [0.1, 0.15) is 18.6 Å². The molecule has 2 rings (SSSR count). The number of thioether (sulfide) groups is 1. The Bertz CT molecular complexity index is 555. The summed E-state index contributed by atoms with van der Waals surface area (Å²) in [5, 5.41) is 9.78. The van der Waals surface area contributed by atoms with Crippen molar-refractivity contribution in [2.45, 2.75) is 17.9 Å². The quantitative estimate of drug-likeness (QED) is 0.621. The van der Waals surface area contributed by atoms with Crippen LogP contribution in [0.4, 0.5) is 0 Å². The van der Waals surface area contributed by atoms with Gasteiger partial charge in [-0.2, -0.15) is 0 Å². The molecule has 0 bridgehead atoms. The van der Waals surface area contributed by atoms with E-state index in [4.69, 9.17) is 9.47 Å². The molecule has 2 aromatic carbocycles. The van der Waals surface area contributed by atoms with E-state index in [-0.39, 0.29) is 0 Å². The molecule has 0 aromatic heterocycles. The molecule has 0 fully saturated rings. The lowest BCUT2D eigenvalue weighted by molar-refractivity contribution is 0.192. The van der Waals surface area contributed by atoms with Gasteiger partial charge in [-0.05, 0) is 31.2 Å². The highest BCUT2D eigenvalue weighted by Crippen LogP contribution is 2.29. The largest absolute Gasteiger partial charge is 0.497 e. The molecule has 0 aliphatic rings. The van der Waals surface area contributed by atoms with Crippen LogP contribution in [-0.2, 0) is 0 Å². The zero-order valence-electron chi connectivity index (χ0n) is 12.3. The third-order valence-electron chi connectivity index (χ3n) is 3.02. The van der Waals surface area contributed by atoms with Crippen molar-refractivity contribution in [2.24, 2.45) is 0 Å². The van der Waals surface area contributed by atoms with Crippen molar-refractivity contribution in [3.05, 3.63) is 54.1 Å². The first-order valence-electron chi connectivity index (χ1n) is 6.87. The van der Waals surface area contributed by atoms with Gasteiger partial charge in [0.15, 0.2) is 0 Å². The Morgan fingerprint density at radius 2 is 1.90 bits per heavy atom. The molecule has 0 unspecified atom stereocenters. The molecule has 0 aliphatic heterocycles. The standard InChI is InChI=1S/C17H20O3S/c1-13(18)16-9-8-14(19-2)12-17(16)20-10-11-21-15-6-4-3-5-7-15/h3-9,12-13,18H,10-11H2,1-2H3/t13-/m1/s1. The van der Waals surface area contributed by atoms with Gasteiger partial charge in [0.25, 0.3) is 0 Å². The number of aliphatic hydroxyl groups excluding tert-OH is 1. The van der Waals surface area contributed by atoms with Crippen LogP contribution in [0.5, 0.6) is 11.5 Å². The van der Waals surface area contributed by atoms with Gasteiger partial charge in [0.1, 0.15) is 11.5 Å². The summed E-state index contributed by atoms with van der Waals surface area (Å²) in [6.45, 7) is 2.31. The summed E-state index contributed by atoms with van der Waals surface area (Å²) in [6, 6.07) is 15.7. The van der Waals surface area contributed by atoms with Crippen LogP contribution >= 0.6 is 11.8 Å². The van der Waals surface area contributed by atoms with Gasteiger partial charge < -0.3 is 14.6 Å². The minimum atomic E-state index is -0.562. The second-order valence-electron chi connectivity index (χ2n) is 4.59.